The number of hydrogen-bond donors (Lipinski definition) is 0. The molecule has 0 N–H and O–H groups in total. The molecular formula is C4F3N3S. The van der Waals surface area contributed by atoms with E-state index in [9.17, 15) is 13.2 Å². The van der Waals surface area contributed by atoms with Gasteiger partial charge in [0.1, 0.15) is 6.07 Å². The van der Waals surface area contributed by atoms with E-state index < -0.39 is 17.6 Å². The lowest BCUT2D eigenvalue weighted by atomic mass is 10.3. The maximum atomic E-state index is 11.8. The first kappa shape index (κ1) is 7.94. The number of aromatic nitrogens is 2. The molecule has 1 heterocycles. The molecule has 0 spiro atoms. The summed E-state index contributed by atoms with van der Waals surface area (Å²) in [5, 5.41) is 8.12. The number of halogens is 3. The van der Waals surface area contributed by atoms with Crippen LogP contribution in [0.25, 0.3) is 0 Å². The summed E-state index contributed by atoms with van der Waals surface area (Å²) in [5.74, 6) is 0. The van der Waals surface area contributed by atoms with Crippen molar-refractivity contribution in [2.75, 3.05) is 0 Å². The summed E-state index contributed by atoms with van der Waals surface area (Å²) in [5.41, 5.74) is -1.87. The molecule has 58 valence electrons. The molecule has 0 radical (unpaired) electrons. The Morgan fingerprint density at radius 1 is 1.36 bits per heavy atom. The Hall–Kier alpha value is -1.16. The Labute approximate surface area is 63.4 Å². The molecule has 1 aromatic heterocycles. The Balaban J connectivity index is 3.15. The zero-order valence-corrected chi connectivity index (χ0v) is 5.70. The van der Waals surface area contributed by atoms with Crippen molar-refractivity contribution in [2.24, 2.45) is 0 Å². The fourth-order valence-corrected chi connectivity index (χ4v) is 0.969. The molecule has 11 heavy (non-hydrogen) atoms. The third-order valence-electron chi connectivity index (χ3n) is 0.863. The van der Waals surface area contributed by atoms with Crippen LogP contribution in [-0.4, -0.2) is 8.75 Å². The molecule has 3 nitrogen and oxygen atoms in total. The summed E-state index contributed by atoms with van der Waals surface area (Å²) in [6.07, 6.45) is -4.57. The summed E-state index contributed by atoms with van der Waals surface area (Å²) in [4.78, 5) is 0. The molecule has 0 saturated carbocycles. The van der Waals surface area contributed by atoms with Crippen LogP contribution in [0, 0.1) is 11.3 Å². The zero-order chi connectivity index (χ0) is 8.48. The maximum Gasteiger partial charge on any atom is 0.437 e. The molecular weight excluding hydrogens is 179 g/mol. The van der Waals surface area contributed by atoms with Crippen molar-refractivity contribution in [1.29, 1.82) is 5.26 Å². The second-order valence-electron chi connectivity index (χ2n) is 1.57. The summed E-state index contributed by atoms with van der Waals surface area (Å²) in [6.45, 7) is 0. The van der Waals surface area contributed by atoms with Crippen molar-refractivity contribution in [2.45, 2.75) is 6.18 Å². The smallest absolute Gasteiger partial charge is 0.191 e. The number of alkyl halides is 3. The fraction of sp³-hybridized carbons (Fsp3) is 0.250. The lowest BCUT2D eigenvalue weighted by Gasteiger charge is -1.99. The predicted octanol–water partition coefficient (Wildman–Crippen LogP) is 1.43. The Bertz CT molecular complexity index is 296. The molecule has 1 aromatic rings. The molecule has 0 fully saturated rings. The van der Waals surface area contributed by atoms with E-state index in [2.05, 4.69) is 8.75 Å². The topological polar surface area (TPSA) is 49.6 Å². The molecule has 1 rings (SSSR count). The Kier molecular flexibility index (Phi) is 1.78. The van der Waals surface area contributed by atoms with Crippen LogP contribution in [0.5, 0.6) is 0 Å². The molecule has 0 aliphatic rings. The van der Waals surface area contributed by atoms with E-state index in [1.54, 1.807) is 0 Å². The van der Waals surface area contributed by atoms with Crippen LogP contribution in [-0.2, 0) is 6.18 Å². The van der Waals surface area contributed by atoms with Crippen molar-refractivity contribution in [3.63, 3.8) is 0 Å². The molecule has 0 atom stereocenters. The molecule has 0 unspecified atom stereocenters. The highest BCUT2D eigenvalue weighted by atomic mass is 32.1. The van der Waals surface area contributed by atoms with Gasteiger partial charge in [-0.15, -0.1) is 0 Å². The average molecular weight is 179 g/mol. The SMILES string of the molecule is N#Cc1nsnc1C(F)(F)F. The largest absolute Gasteiger partial charge is 0.437 e. The monoisotopic (exact) mass is 179 g/mol. The summed E-state index contributed by atoms with van der Waals surface area (Å²) in [7, 11) is 0. The van der Waals surface area contributed by atoms with Crippen molar-refractivity contribution < 1.29 is 13.2 Å². The Morgan fingerprint density at radius 2 is 2.00 bits per heavy atom. The van der Waals surface area contributed by atoms with E-state index in [1.807, 2.05) is 0 Å². The van der Waals surface area contributed by atoms with Crippen molar-refractivity contribution in [1.82, 2.24) is 8.75 Å². The van der Waals surface area contributed by atoms with E-state index in [-0.39, 0.29) is 0 Å². The van der Waals surface area contributed by atoms with E-state index >= 15 is 0 Å². The van der Waals surface area contributed by atoms with E-state index in [1.165, 1.54) is 6.07 Å². The van der Waals surface area contributed by atoms with Crippen LogP contribution in [0.3, 0.4) is 0 Å². The second kappa shape index (κ2) is 2.47. The molecule has 0 aliphatic heterocycles. The quantitative estimate of drug-likeness (QED) is 0.605. The molecule has 7 heteroatoms. The third kappa shape index (κ3) is 1.46. The van der Waals surface area contributed by atoms with Crippen molar-refractivity contribution in [3.8, 4) is 6.07 Å². The first-order chi connectivity index (χ1) is 5.05. The summed E-state index contributed by atoms with van der Waals surface area (Å²) >= 11 is 0.375. The molecule has 0 saturated heterocycles. The molecule has 0 bridgehead atoms. The van der Waals surface area contributed by atoms with Crippen LogP contribution in [0.4, 0.5) is 13.2 Å². The van der Waals surface area contributed by atoms with Gasteiger partial charge in [0.25, 0.3) is 0 Å². The van der Waals surface area contributed by atoms with Gasteiger partial charge in [0.2, 0.25) is 0 Å². The van der Waals surface area contributed by atoms with Gasteiger partial charge >= 0.3 is 6.18 Å². The van der Waals surface area contributed by atoms with Crippen LogP contribution >= 0.6 is 11.7 Å². The minimum atomic E-state index is -4.57. The van der Waals surface area contributed by atoms with Crippen LogP contribution in [0.2, 0.25) is 0 Å². The van der Waals surface area contributed by atoms with Gasteiger partial charge in [-0.2, -0.15) is 27.2 Å². The summed E-state index contributed by atoms with van der Waals surface area (Å²) < 4.78 is 41.6. The maximum absolute atomic E-state index is 11.8. The molecule has 0 amide bonds. The van der Waals surface area contributed by atoms with Gasteiger partial charge in [0, 0.05) is 0 Å². The minimum absolute atomic E-state index is 0.375. The first-order valence-electron chi connectivity index (χ1n) is 2.35. The minimum Gasteiger partial charge on any atom is -0.191 e. The van der Waals surface area contributed by atoms with Gasteiger partial charge in [-0.05, 0) is 0 Å². The van der Waals surface area contributed by atoms with Gasteiger partial charge in [-0.3, -0.25) is 0 Å². The summed E-state index contributed by atoms with van der Waals surface area (Å²) in [6, 6.07) is 1.30. The van der Waals surface area contributed by atoms with Crippen molar-refractivity contribution in [3.05, 3.63) is 11.4 Å². The van der Waals surface area contributed by atoms with E-state index in [0.717, 1.165) is 0 Å². The van der Waals surface area contributed by atoms with Crippen LogP contribution in [0.1, 0.15) is 11.4 Å². The second-order valence-corrected chi connectivity index (χ2v) is 2.10. The lowest BCUT2D eigenvalue weighted by Crippen LogP contribution is -2.07. The molecule has 0 aromatic carbocycles. The van der Waals surface area contributed by atoms with Crippen molar-refractivity contribution >= 4 is 11.7 Å². The fourth-order valence-electron chi connectivity index (χ4n) is 0.448. The number of hydrogen-bond acceptors (Lipinski definition) is 4. The number of rotatable bonds is 0. The highest BCUT2D eigenvalue weighted by molar-refractivity contribution is 6.99. The zero-order valence-electron chi connectivity index (χ0n) is 4.88. The lowest BCUT2D eigenvalue weighted by molar-refractivity contribution is -0.140. The number of nitrogens with zero attached hydrogens (tertiary/aromatic N) is 3. The van der Waals surface area contributed by atoms with Gasteiger partial charge in [0.05, 0.1) is 11.7 Å². The van der Waals surface area contributed by atoms with E-state index in [4.69, 9.17) is 5.26 Å². The number of nitriles is 1. The first-order valence-corrected chi connectivity index (χ1v) is 3.08. The van der Waals surface area contributed by atoms with Crippen LogP contribution < -0.4 is 0 Å². The van der Waals surface area contributed by atoms with Crippen LogP contribution in [0.15, 0.2) is 0 Å². The normalized spacial score (nSPS) is 11.1. The average Bonchev–Trinajstić information content (AvgIpc) is 2.31. The van der Waals surface area contributed by atoms with E-state index in [0.29, 0.717) is 11.7 Å². The highest BCUT2D eigenvalue weighted by Gasteiger charge is 2.37. The molecule has 0 aliphatic carbocycles. The van der Waals surface area contributed by atoms with Gasteiger partial charge < -0.3 is 0 Å². The van der Waals surface area contributed by atoms with Gasteiger partial charge in [0.15, 0.2) is 11.4 Å². The highest BCUT2D eigenvalue weighted by Crippen LogP contribution is 2.29. The Morgan fingerprint density at radius 3 is 2.36 bits per heavy atom. The third-order valence-corrected chi connectivity index (χ3v) is 1.39. The predicted molar refractivity (Wildman–Crippen MR) is 29.6 cm³/mol. The van der Waals surface area contributed by atoms with Gasteiger partial charge in [-0.1, -0.05) is 0 Å². The standard InChI is InChI=1S/C4F3N3S/c5-4(6,7)3-2(1-8)9-11-10-3. The van der Waals surface area contributed by atoms with Gasteiger partial charge in [-0.25, -0.2) is 0 Å².